The Balaban J connectivity index is 1.77. The van der Waals surface area contributed by atoms with E-state index in [4.69, 9.17) is 27.9 Å². The number of ether oxygens (including phenoxy) is 1. The van der Waals surface area contributed by atoms with E-state index in [9.17, 15) is 4.79 Å². The number of rotatable bonds is 6. The van der Waals surface area contributed by atoms with Crippen LogP contribution in [0.15, 0.2) is 53.6 Å². The van der Waals surface area contributed by atoms with E-state index in [2.05, 4.69) is 10.5 Å². The number of hydrazone groups is 1. The number of carbonyl (C=O) groups is 1. The summed E-state index contributed by atoms with van der Waals surface area (Å²) in [5, 5.41) is 6.76. The molecule has 3 aromatic carbocycles. The van der Waals surface area contributed by atoms with Crippen molar-refractivity contribution in [3.05, 3.63) is 75.3 Å². The highest BCUT2D eigenvalue weighted by molar-refractivity contribution is 6.37. The Morgan fingerprint density at radius 2 is 1.83 bits per heavy atom. The van der Waals surface area contributed by atoms with Gasteiger partial charge in [-0.25, -0.2) is 5.43 Å². The largest absolute Gasteiger partial charge is 0.490 e. The number of nitrogens with one attached hydrogen (secondary N) is 1. The lowest BCUT2D eigenvalue weighted by Crippen LogP contribution is -2.19. The Labute approximate surface area is 180 Å². The van der Waals surface area contributed by atoms with Crippen LogP contribution in [0.5, 0.6) is 5.75 Å². The average Bonchev–Trinajstić information content (AvgIpc) is 2.67. The molecule has 0 fully saturated rings. The van der Waals surface area contributed by atoms with Crippen molar-refractivity contribution in [3.63, 3.8) is 0 Å². The van der Waals surface area contributed by atoms with Crippen molar-refractivity contribution in [2.24, 2.45) is 11.0 Å². The molecule has 0 heterocycles. The van der Waals surface area contributed by atoms with Crippen LogP contribution >= 0.6 is 23.2 Å². The van der Waals surface area contributed by atoms with E-state index in [1.54, 1.807) is 12.1 Å². The molecule has 0 bridgehead atoms. The summed E-state index contributed by atoms with van der Waals surface area (Å²) in [5.74, 6) is 0.537. The fraction of sp³-hybridized carbons (Fsp3) is 0.217. The van der Waals surface area contributed by atoms with Gasteiger partial charge < -0.3 is 4.74 Å². The predicted molar refractivity (Wildman–Crippen MR) is 121 cm³/mol. The number of hydrogen-bond donors (Lipinski definition) is 1. The molecule has 0 aliphatic carbocycles. The molecule has 1 amide bonds. The summed E-state index contributed by atoms with van der Waals surface area (Å²) in [5.41, 5.74) is 4.74. The predicted octanol–water partition coefficient (Wildman–Crippen LogP) is 6.25. The molecule has 0 aromatic heterocycles. The molecule has 0 atom stereocenters. The van der Waals surface area contributed by atoms with Gasteiger partial charge in [0.15, 0.2) is 5.75 Å². The molecular formula is C23H22Cl2N2O2. The topological polar surface area (TPSA) is 50.7 Å². The van der Waals surface area contributed by atoms with Gasteiger partial charge in [0.25, 0.3) is 5.91 Å². The van der Waals surface area contributed by atoms with Gasteiger partial charge in [-0.2, -0.15) is 5.10 Å². The molecule has 6 heteroatoms. The van der Waals surface area contributed by atoms with Crippen LogP contribution in [-0.2, 0) is 0 Å². The smallest absolute Gasteiger partial charge is 0.272 e. The lowest BCUT2D eigenvalue weighted by molar-refractivity contribution is 0.0956. The normalized spacial score (nSPS) is 11.4. The van der Waals surface area contributed by atoms with Crippen molar-refractivity contribution < 1.29 is 9.53 Å². The van der Waals surface area contributed by atoms with Gasteiger partial charge >= 0.3 is 0 Å². The van der Waals surface area contributed by atoms with Crippen LogP contribution in [0.25, 0.3) is 10.8 Å². The molecule has 4 nitrogen and oxygen atoms in total. The number of benzene rings is 3. The highest BCUT2D eigenvalue weighted by atomic mass is 35.5. The first-order valence-electron chi connectivity index (χ1n) is 9.30. The lowest BCUT2D eigenvalue weighted by atomic mass is 9.99. The quantitative estimate of drug-likeness (QED) is 0.372. The molecule has 3 aromatic rings. The fourth-order valence-corrected chi connectivity index (χ4v) is 3.56. The first-order valence-corrected chi connectivity index (χ1v) is 10.1. The van der Waals surface area contributed by atoms with Crippen LogP contribution in [0, 0.1) is 12.8 Å². The standard InChI is InChI=1S/C23H22Cl2N2O2/c1-14(2)13-29-22-19(24)10-16(11-20(22)25)12-26-27-23(28)21-15(3)8-9-17-6-4-5-7-18(17)21/h4-12,14H,13H2,1-3H3,(H,27,28)/b26-12-. The van der Waals surface area contributed by atoms with Gasteiger partial charge in [0.2, 0.25) is 0 Å². The molecule has 0 aliphatic rings. The van der Waals surface area contributed by atoms with E-state index in [0.717, 1.165) is 16.3 Å². The Morgan fingerprint density at radius 3 is 2.52 bits per heavy atom. The number of fused-ring (bicyclic) bond motifs is 1. The van der Waals surface area contributed by atoms with E-state index in [1.165, 1.54) is 6.21 Å². The van der Waals surface area contributed by atoms with Crippen molar-refractivity contribution in [1.82, 2.24) is 5.43 Å². The van der Waals surface area contributed by atoms with Crippen LogP contribution in [0.2, 0.25) is 10.0 Å². The number of halogens is 2. The second-order valence-electron chi connectivity index (χ2n) is 7.20. The SMILES string of the molecule is Cc1ccc2ccccc2c1C(=O)N/N=C\c1cc(Cl)c(OCC(C)C)c(Cl)c1. The van der Waals surface area contributed by atoms with E-state index in [-0.39, 0.29) is 5.91 Å². The molecule has 0 saturated carbocycles. The summed E-state index contributed by atoms with van der Waals surface area (Å²) >= 11 is 12.6. The molecule has 3 rings (SSSR count). The third-order valence-corrected chi connectivity index (χ3v) is 4.89. The monoisotopic (exact) mass is 428 g/mol. The van der Waals surface area contributed by atoms with Gasteiger partial charge in [-0.3, -0.25) is 4.79 Å². The van der Waals surface area contributed by atoms with Crippen LogP contribution in [0.4, 0.5) is 0 Å². The lowest BCUT2D eigenvalue weighted by Gasteiger charge is -2.12. The molecule has 0 aliphatic heterocycles. The Kier molecular flexibility index (Phi) is 6.78. The number of hydrogen-bond acceptors (Lipinski definition) is 3. The maximum atomic E-state index is 12.7. The van der Waals surface area contributed by atoms with Gasteiger partial charge in [0, 0.05) is 0 Å². The van der Waals surface area contributed by atoms with Crippen molar-refractivity contribution in [3.8, 4) is 5.75 Å². The molecule has 0 radical (unpaired) electrons. The Hall–Kier alpha value is -2.56. The highest BCUT2D eigenvalue weighted by Gasteiger charge is 2.13. The molecule has 1 N–H and O–H groups in total. The van der Waals surface area contributed by atoms with Crippen LogP contribution in [0.1, 0.15) is 35.3 Å². The Bertz CT molecular complexity index is 1050. The Morgan fingerprint density at radius 1 is 1.14 bits per heavy atom. The van der Waals surface area contributed by atoms with Crippen molar-refractivity contribution >= 4 is 46.1 Å². The van der Waals surface area contributed by atoms with E-state index in [0.29, 0.717) is 39.4 Å². The second-order valence-corrected chi connectivity index (χ2v) is 8.01. The zero-order valence-corrected chi connectivity index (χ0v) is 18.0. The first kappa shape index (κ1) is 21.2. The summed E-state index contributed by atoms with van der Waals surface area (Å²) in [4.78, 5) is 12.7. The minimum absolute atomic E-state index is 0.273. The zero-order chi connectivity index (χ0) is 21.0. The van der Waals surface area contributed by atoms with Gasteiger partial charge in [-0.1, -0.05) is 73.4 Å². The minimum Gasteiger partial charge on any atom is -0.490 e. The molecule has 0 saturated heterocycles. The third kappa shape index (κ3) is 5.08. The highest BCUT2D eigenvalue weighted by Crippen LogP contribution is 2.34. The molecular weight excluding hydrogens is 407 g/mol. The van der Waals surface area contributed by atoms with E-state index >= 15 is 0 Å². The minimum atomic E-state index is -0.273. The molecule has 150 valence electrons. The van der Waals surface area contributed by atoms with Crippen LogP contribution in [-0.4, -0.2) is 18.7 Å². The summed E-state index contributed by atoms with van der Waals surface area (Å²) in [7, 11) is 0. The number of carbonyl (C=O) groups excluding carboxylic acids is 1. The summed E-state index contributed by atoms with van der Waals surface area (Å²) in [6, 6.07) is 15.1. The number of aryl methyl sites for hydroxylation is 1. The van der Waals surface area contributed by atoms with Gasteiger partial charge in [0.1, 0.15) is 0 Å². The summed E-state index contributed by atoms with van der Waals surface area (Å²) in [6.07, 6.45) is 1.50. The maximum Gasteiger partial charge on any atom is 0.272 e. The maximum absolute atomic E-state index is 12.7. The fourth-order valence-electron chi connectivity index (χ4n) is 2.95. The number of amides is 1. The van der Waals surface area contributed by atoms with Crippen molar-refractivity contribution in [1.29, 1.82) is 0 Å². The summed E-state index contributed by atoms with van der Waals surface area (Å²) < 4.78 is 5.66. The number of nitrogens with zero attached hydrogens (tertiary/aromatic N) is 1. The molecule has 0 unspecified atom stereocenters. The first-order chi connectivity index (χ1) is 13.9. The van der Waals surface area contributed by atoms with Gasteiger partial charge in [0.05, 0.1) is 28.4 Å². The zero-order valence-electron chi connectivity index (χ0n) is 16.5. The average molecular weight is 429 g/mol. The van der Waals surface area contributed by atoms with Gasteiger partial charge in [-0.15, -0.1) is 0 Å². The molecule has 0 spiro atoms. The van der Waals surface area contributed by atoms with Crippen molar-refractivity contribution in [2.45, 2.75) is 20.8 Å². The third-order valence-electron chi connectivity index (χ3n) is 4.33. The van der Waals surface area contributed by atoms with E-state index in [1.807, 2.05) is 57.2 Å². The summed E-state index contributed by atoms with van der Waals surface area (Å²) in [6.45, 7) is 6.51. The van der Waals surface area contributed by atoms with Crippen LogP contribution in [0.3, 0.4) is 0 Å². The molecule has 29 heavy (non-hydrogen) atoms. The van der Waals surface area contributed by atoms with E-state index < -0.39 is 0 Å². The van der Waals surface area contributed by atoms with Crippen LogP contribution < -0.4 is 10.2 Å². The second kappa shape index (κ2) is 9.29. The van der Waals surface area contributed by atoms with Gasteiger partial charge in [-0.05, 0) is 46.9 Å². The van der Waals surface area contributed by atoms with Crippen molar-refractivity contribution in [2.75, 3.05) is 6.61 Å².